The first kappa shape index (κ1) is 51.1. The first-order valence-corrected chi connectivity index (χ1v) is 29.6. The molecule has 0 spiro atoms. The number of anilines is 8. The lowest BCUT2D eigenvalue weighted by molar-refractivity contribution is 0.332. The minimum atomic E-state index is -0.130. The van der Waals surface area contributed by atoms with Crippen LogP contribution in [-0.2, 0) is 27.1 Å². The Morgan fingerprint density at radius 1 is 0.468 bits per heavy atom. The molecule has 10 aromatic rings. The van der Waals surface area contributed by atoms with Gasteiger partial charge in [-0.15, -0.1) is 11.3 Å². The second-order valence-electron chi connectivity index (χ2n) is 27.3. The van der Waals surface area contributed by atoms with Gasteiger partial charge < -0.3 is 14.6 Å². The summed E-state index contributed by atoms with van der Waals surface area (Å²) >= 11 is 1.97. The zero-order chi connectivity index (χ0) is 55.1. The lowest BCUT2D eigenvalue weighted by atomic mass is 9.46. The third kappa shape index (κ3) is 8.44. The fourth-order valence-electron chi connectivity index (χ4n) is 13.3. The van der Waals surface area contributed by atoms with E-state index in [1.165, 1.54) is 116 Å². The van der Waals surface area contributed by atoms with E-state index in [-0.39, 0.29) is 33.9 Å². The quantitative estimate of drug-likeness (QED) is 0.154. The first-order chi connectivity index (χ1) is 37.6. The molecule has 0 radical (unpaired) electrons. The van der Waals surface area contributed by atoms with Crippen LogP contribution >= 0.6 is 11.3 Å². The number of hydrogen-bond donors (Lipinski definition) is 0. The summed E-state index contributed by atoms with van der Waals surface area (Å²) in [6.07, 6.45) is 2.32. The van der Waals surface area contributed by atoms with Gasteiger partial charge in [-0.05, 0) is 174 Å². The molecule has 0 saturated carbocycles. The minimum absolute atomic E-state index is 0.0212. The largest absolute Gasteiger partial charge is 0.376 e. The summed E-state index contributed by atoms with van der Waals surface area (Å²) in [5.41, 5.74) is 22.9. The van der Waals surface area contributed by atoms with Crippen LogP contribution < -0.4 is 24.9 Å². The lowest BCUT2D eigenvalue weighted by Gasteiger charge is -2.47. The van der Waals surface area contributed by atoms with Gasteiger partial charge in [-0.25, -0.2) is 0 Å². The van der Waals surface area contributed by atoms with Crippen LogP contribution in [0.1, 0.15) is 131 Å². The molecule has 0 saturated heterocycles. The van der Waals surface area contributed by atoms with Crippen LogP contribution in [-0.4, -0.2) is 6.85 Å². The van der Waals surface area contributed by atoms with Crippen LogP contribution in [0.25, 0.3) is 43.1 Å². The Hall–Kier alpha value is -7.34. The Morgan fingerprint density at radius 3 is 1.67 bits per heavy atom. The number of rotatable bonds is 6. The van der Waals surface area contributed by atoms with Crippen molar-refractivity contribution in [1.82, 2.24) is 0 Å². The fourth-order valence-corrected chi connectivity index (χ4v) is 14.5. The van der Waals surface area contributed by atoms with Crippen molar-refractivity contribution >= 4 is 94.8 Å². The zero-order valence-corrected chi connectivity index (χ0v) is 49.5. The van der Waals surface area contributed by atoms with E-state index >= 15 is 0 Å². The van der Waals surface area contributed by atoms with E-state index in [9.17, 15) is 0 Å². The van der Waals surface area contributed by atoms with Crippen molar-refractivity contribution in [2.24, 2.45) is 0 Å². The van der Waals surface area contributed by atoms with Crippen LogP contribution in [0.2, 0.25) is 0 Å². The predicted molar refractivity (Wildman–Crippen MR) is 345 cm³/mol. The summed E-state index contributed by atoms with van der Waals surface area (Å²) in [4.78, 5) is 7.91. The molecule has 0 amide bonds. The van der Waals surface area contributed by atoms with E-state index in [0.717, 1.165) is 23.5 Å². The summed E-state index contributed by atoms with van der Waals surface area (Å²) in [7, 11) is 0. The third-order valence-corrected chi connectivity index (χ3v) is 19.2. The molecule has 5 heteroatoms. The molecule has 0 fully saturated rings. The second-order valence-corrected chi connectivity index (χ2v) is 28.4. The molecule has 1 aliphatic carbocycles. The van der Waals surface area contributed by atoms with E-state index in [2.05, 4.69) is 293 Å². The Labute approximate surface area is 474 Å². The van der Waals surface area contributed by atoms with Gasteiger partial charge in [0.15, 0.2) is 0 Å². The summed E-state index contributed by atoms with van der Waals surface area (Å²) in [5, 5.41) is 3.77. The van der Waals surface area contributed by atoms with Crippen molar-refractivity contribution in [3.63, 3.8) is 0 Å². The van der Waals surface area contributed by atoms with Gasteiger partial charge >= 0.3 is 6.85 Å². The van der Waals surface area contributed by atoms with Gasteiger partial charge in [-0.2, -0.15) is 0 Å². The van der Waals surface area contributed by atoms with E-state index < -0.39 is 0 Å². The Kier molecular flexibility index (Phi) is 11.7. The molecule has 3 nitrogen and oxygen atoms in total. The summed E-state index contributed by atoms with van der Waals surface area (Å²) < 4.78 is 2.65. The number of benzene rings is 9. The fraction of sp³-hybridized carbons (Fsp3) is 0.270. The zero-order valence-electron chi connectivity index (χ0n) is 48.6. The summed E-state index contributed by atoms with van der Waals surface area (Å²) in [6, 6.07) is 72.8. The average molecular weight is 1050 g/mol. The first-order valence-electron chi connectivity index (χ1n) is 28.7. The number of thiophene rings is 1. The number of fused-ring (bicyclic) bond motifs is 9. The van der Waals surface area contributed by atoms with Crippen molar-refractivity contribution in [3.8, 4) is 22.3 Å². The van der Waals surface area contributed by atoms with Gasteiger partial charge in [0.2, 0.25) is 0 Å². The molecule has 13 rings (SSSR count). The van der Waals surface area contributed by atoms with Crippen LogP contribution in [0.5, 0.6) is 0 Å². The average Bonchev–Trinajstić information content (AvgIpc) is 2.91. The van der Waals surface area contributed by atoms with Gasteiger partial charge in [0.05, 0.1) is 11.4 Å². The molecule has 0 bridgehead atoms. The molecule has 9 aromatic carbocycles. The topological polar surface area (TPSA) is 9.72 Å². The Morgan fingerprint density at radius 2 is 1.03 bits per heavy atom. The van der Waals surface area contributed by atoms with Gasteiger partial charge in [-0.1, -0.05) is 199 Å². The van der Waals surface area contributed by atoms with Crippen molar-refractivity contribution in [3.05, 3.63) is 216 Å². The van der Waals surface area contributed by atoms with Gasteiger partial charge in [0.25, 0.3) is 0 Å². The normalized spacial score (nSPS) is 15.4. The Bertz CT molecular complexity index is 3970. The molecule has 79 heavy (non-hydrogen) atoms. The predicted octanol–water partition coefficient (Wildman–Crippen LogP) is 20.1. The molecule has 3 heterocycles. The van der Waals surface area contributed by atoms with Crippen LogP contribution in [0.3, 0.4) is 0 Å². The summed E-state index contributed by atoms with van der Waals surface area (Å²) in [6.45, 7) is 30.5. The molecule has 0 unspecified atom stereocenters. The van der Waals surface area contributed by atoms with Crippen molar-refractivity contribution in [2.45, 2.75) is 130 Å². The molecular weight excluding hydrogens is 974 g/mol. The molecule has 0 N–H and O–H groups in total. The van der Waals surface area contributed by atoms with Crippen LogP contribution in [0.4, 0.5) is 45.5 Å². The smallest absolute Gasteiger partial charge is 0.343 e. The van der Waals surface area contributed by atoms with Gasteiger partial charge in [0, 0.05) is 60.1 Å². The van der Waals surface area contributed by atoms with Gasteiger partial charge in [-0.3, -0.25) is 0 Å². The Balaban J connectivity index is 1.15. The molecule has 3 aliphatic rings. The minimum Gasteiger partial charge on any atom is -0.376 e. The van der Waals surface area contributed by atoms with Gasteiger partial charge in [0.1, 0.15) is 0 Å². The monoisotopic (exact) mass is 1050 g/mol. The molecule has 0 atom stereocenters. The molecular formula is C74H74BN3S. The number of nitrogens with zero attached hydrogens (tertiary/aromatic N) is 3. The highest BCUT2D eigenvalue weighted by atomic mass is 32.1. The molecule has 1 aromatic heterocycles. The van der Waals surface area contributed by atoms with Crippen LogP contribution in [0.15, 0.2) is 188 Å². The molecule has 394 valence electrons. The SMILES string of the molecule is CC(C)(C)c1ccc(N(c2ccc(C(C)(C)C)cc2)c2ccc3c(c2)-c2c4c(cc5ccccc25)N(c2ccc(C(C)(C)C)cc2-c2ccccc2)c2c(sc5ccccc25)B4N3c2ccc3c(c2)C(C)(C)CCC3(C)C)cc1. The maximum atomic E-state index is 2.75. The van der Waals surface area contributed by atoms with E-state index in [1.54, 1.807) is 0 Å². The highest BCUT2D eigenvalue weighted by Crippen LogP contribution is 2.56. The van der Waals surface area contributed by atoms with Crippen molar-refractivity contribution < 1.29 is 0 Å². The number of hydrogen-bond acceptors (Lipinski definition) is 4. The standard InChI is InChI=1S/C74H74BN3S/c1-70(2,3)49-27-32-52(33-28-49)76(53-34-29-50(30-35-53)71(4,5)6)54-37-40-63-59(45-54)66-56-24-18-17-23-48(56)43-64-67(66)75(78(63)55-36-38-60-61(46-55)74(12,13)42-41-73(60,10)11)69-68(57-25-19-20-26-65(57)79-69)77(64)62-39-31-51(72(7,8)9)44-58(62)47-21-15-14-16-22-47/h14-40,43-46H,41-42H2,1-13H3. The highest BCUT2D eigenvalue weighted by Gasteiger charge is 2.49. The maximum absolute atomic E-state index is 2.75. The molecule has 2 aliphatic heterocycles. The van der Waals surface area contributed by atoms with Crippen LogP contribution in [0, 0.1) is 0 Å². The van der Waals surface area contributed by atoms with E-state index in [4.69, 9.17) is 0 Å². The van der Waals surface area contributed by atoms with E-state index in [0.29, 0.717) is 0 Å². The highest BCUT2D eigenvalue weighted by molar-refractivity contribution is 7.32. The lowest BCUT2D eigenvalue weighted by Crippen LogP contribution is -2.60. The maximum Gasteiger partial charge on any atom is 0.343 e. The van der Waals surface area contributed by atoms with Crippen molar-refractivity contribution in [1.29, 1.82) is 0 Å². The van der Waals surface area contributed by atoms with Crippen molar-refractivity contribution in [2.75, 3.05) is 14.6 Å². The second kappa shape index (κ2) is 18.1. The van der Waals surface area contributed by atoms with E-state index in [1.807, 2.05) is 11.3 Å². The summed E-state index contributed by atoms with van der Waals surface area (Å²) in [5.74, 6) is 0. The third-order valence-electron chi connectivity index (χ3n) is 18.0.